The van der Waals surface area contributed by atoms with Crippen LogP contribution in [0.1, 0.15) is 48.8 Å². The zero-order chi connectivity index (χ0) is 29.9. The third-order valence-corrected chi connectivity index (χ3v) is 10.1. The third kappa shape index (κ3) is 6.61. The molecule has 0 bridgehead atoms. The molecule has 2 saturated heterocycles. The van der Waals surface area contributed by atoms with E-state index in [-0.39, 0.29) is 47.8 Å². The molecule has 7 N–H and O–H groups in total. The molecule has 0 saturated carbocycles. The van der Waals surface area contributed by atoms with Crippen LogP contribution in [-0.2, 0) is 22.4 Å². The molecule has 0 unspecified atom stereocenters. The molecule has 3 aliphatic rings. The summed E-state index contributed by atoms with van der Waals surface area (Å²) in [5.41, 5.74) is 4.92. The van der Waals surface area contributed by atoms with E-state index in [4.69, 9.17) is 0 Å². The number of rotatable bonds is 12. The first-order chi connectivity index (χ1) is 20.8. The quantitative estimate of drug-likeness (QED) is 0.124. The number of thioether (sulfide) groups is 1. The lowest BCUT2D eigenvalue weighted by molar-refractivity contribution is -0.129. The smallest absolute Gasteiger partial charge is 0.315 e. The molecule has 3 aromatic rings. The number of fused-ring (bicyclic) bond motifs is 3. The second-order valence-electron chi connectivity index (χ2n) is 11.6. The number of nitrogens with one attached hydrogen (secondary N) is 5. The summed E-state index contributed by atoms with van der Waals surface area (Å²) in [7, 11) is 0. The molecule has 1 aliphatic carbocycles. The van der Waals surface area contributed by atoms with Crippen LogP contribution in [0.2, 0.25) is 0 Å². The van der Waals surface area contributed by atoms with Gasteiger partial charge in [-0.1, -0.05) is 18.6 Å². The van der Waals surface area contributed by atoms with E-state index in [1.807, 2.05) is 24.0 Å². The number of unbranched alkanes of at least 4 members (excludes halogenated alkanes) is 1. The number of phenols is 2. The monoisotopic (exact) mass is 603 g/mol. The number of carbonyl (C=O) groups is 3. The molecule has 2 aliphatic heterocycles. The molecule has 226 valence electrons. The number of aromatic nitrogens is 1. The third-order valence-electron chi connectivity index (χ3n) is 8.61. The van der Waals surface area contributed by atoms with E-state index in [1.165, 1.54) is 0 Å². The van der Waals surface area contributed by atoms with E-state index in [2.05, 4.69) is 32.3 Å². The highest BCUT2D eigenvalue weighted by Crippen LogP contribution is 2.34. The molecule has 2 fully saturated rings. The minimum atomic E-state index is -0.784. The summed E-state index contributed by atoms with van der Waals surface area (Å²) in [5, 5.41) is 33.0. The summed E-state index contributed by atoms with van der Waals surface area (Å²) in [6.45, 7) is 0.396. The first-order valence-corrected chi connectivity index (χ1v) is 15.9. The van der Waals surface area contributed by atoms with E-state index in [0.717, 1.165) is 58.2 Å². The lowest BCUT2D eigenvalue weighted by Gasteiger charge is -2.19. The van der Waals surface area contributed by atoms with Crippen LogP contribution in [-0.4, -0.2) is 68.7 Å². The number of H-pyrrole nitrogens is 1. The lowest BCUT2D eigenvalue weighted by Crippen LogP contribution is -2.48. The molecular weight excluding hydrogens is 566 g/mol. The maximum Gasteiger partial charge on any atom is 0.315 e. The molecular formula is C32H37N5O5S. The van der Waals surface area contributed by atoms with Gasteiger partial charge in [-0.25, -0.2) is 4.79 Å². The number of urea groups is 1. The summed E-state index contributed by atoms with van der Waals surface area (Å²) in [4.78, 5) is 41.3. The van der Waals surface area contributed by atoms with Crippen molar-refractivity contribution >= 4 is 46.1 Å². The Bertz CT molecular complexity index is 1570. The predicted molar refractivity (Wildman–Crippen MR) is 167 cm³/mol. The second kappa shape index (κ2) is 12.6. The van der Waals surface area contributed by atoms with Crippen LogP contribution in [0.15, 0.2) is 48.7 Å². The van der Waals surface area contributed by atoms with Crippen LogP contribution in [0, 0.1) is 0 Å². The zero-order valence-corrected chi connectivity index (χ0v) is 24.6. The van der Waals surface area contributed by atoms with Crippen molar-refractivity contribution in [1.29, 1.82) is 0 Å². The standard InChI is InChI=1S/C32H37N5O5S/c38-21-8-7-18-5-6-19(23(18)14-21)11-12-33-31(41)26(13-20-16-34-25-10-9-22(39)15-24(20)25)35-29(40)4-2-1-3-28-30-27(17-43-28)36-32(42)37-30/h6-10,14-16,26-28,30,34,38-39H,1-5,11-13,17H2,(H,33,41)(H,35,40)(H2,36,37,42)/t26-,27-,28-,30-/m0/s1. The van der Waals surface area contributed by atoms with Gasteiger partial charge < -0.3 is 36.5 Å². The second-order valence-corrected chi connectivity index (χ2v) is 12.8. The topological polar surface area (TPSA) is 156 Å². The Morgan fingerprint density at radius 3 is 2.79 bits per heavy atom. The van der Waals surface area contributed by atoms with Crippen molar-refractivity contribution in [2.45, 2.75) is 68.3 Å². The van der Waals surface area contributed by atoms with Gasteiger partial charge in [-0.3, -0.25) is 9.59 Å². The Morgan fingerprint density at radius 2 is 1.91 bits per heavy atom. The van der Waals surface area contributed by atoms with Gasteiger partial charge >= 0.3 is 6.03 Å². The molecule has 2 aromatic carbocycles. The molecule has 0 radical (unpaired) electrons. The van der Waals surface area contributed by atoms with Crippen LogP contribution in [0.25, 0.3) is 16.5 Å². The predicted octanol–water partition coefficient (Wildman–Crippen LogP) is 3.48. The van der Waals surface area contributed by atoms with Gasteiger partial charge in [0.2, 0.25) is 11.8 Å². The summed E-state index contributed by atoms with van der Waals surface area (Å²) >= 11 is 1.86. The lowest BCUT2D eigenvalue weighted by atomic mass is 10.0. The zero-order valence-electron chi connectivity index (χ0n) is 23.8. The molecule has 43 heavy (non-hydrogen) atoms. The number of aromatic hydroxyl groups is 2. The first-order valence-electron chi connectivity index (χ1n) is 14.9. The van der Waals surface area contributed by atoms with Crippen molar-refractivity contribution in [3.63, 3.8) is 0 Å². The molecule has 1 aromatic heterocycles. The number of hydrogen-bond acceptors (Lipinski definition) is 6. The fraction of sp³-hybridized carbons (Fsp3) is 0.406. The van der Waals surface area contributed by atoms with Crippen LogP contribution in [0.4, 0.5) is 4.79 Å². The van der Waals surface area contributed by atoms with Crippen molar-refractivity contribution in [2.75, 3.05) is 12.3 Å². The van der Waals surface area contributed by atoms with Crippen LogP contribution >= 0.6 is 11.8 Å². The van der Waals surface area contributed by atoms with Gasteiger partial charge in [0.1, 0.15) is 17.5 Å². The molecule has 4 amide bonds. The van der Waals surface area contributed by atoms with Crippen molar-refractivity contribution in [1.82, 2.24) is 26.3 Å². The summed E-state index contributed by atoms with van der Waals surface area (Å²) < 4.78 is 0. The number of benzene rings is 2. The van der Waals surface area contributed by atoms with E-state index in [9.17, 15) is 24.6 Å². The number of amides is 4. The number of carbonyl (C=O) groups excluding carboxylic acids is 3. The largest absolute Gasteiger partial charge is 0.508 e. The van der Waals surface area contributed by atoms with Gasteiger partial charge in [-0.2, -0.15) is 11.8 Å². The number of hydrogen-bond donors (Lipinski definition) is 7. The van der Waals surface area contributed by atoms with Gasteiger partial charge in [0.05, 0.1) is 12.1 Å². The van der Waals surface area contributed by atoms with Crippen LogP contribution in [0.5, 0.6) is 11.5 Å². The van der Waals surface area contributed by atoms with Crippen LogP contribution < -0.4 is 21.3 Å². The van der Waals surface area contributed by atoms with Gasteiger partial charge in [-0.05, 0) is 78.3 Å². The molecule has 6 rings (SSSR count). The maximum atomic E-state index is 13.4. The highest BCUT2D eigenvalue weighted by atomic mass is 32.2. The Balaban J connectivity index is 1.05. The minimum absolute atomic E-state index is 0.0986. The van der Waals surface area contributed by atoms with Gasteiger partial charge in [0.15, 0.2) is 0 Å². The summed E-state index contributed by atoms with van der Waals surface area (Å²) in [6.07, 6.45) is 8.39. The van der Waals surface area contributed by atoms with Crippen molar-refractivity contribution in [3.8, 4) is 11.5 Å². The van der Waals surface area contributed by atoms with E-state index >= 15 is 0 Å². The van der Waals surface area contributed by atoms with E-state index < -0.39 is 6.04 Å². The average molecular weight is 604 g/mol. The molecule has 10 nitrogen and oxygen atoms in total. The number of allylic oxidation sites excluding steroid dienone is 1. The Labute approximate surface area is 254 Å². The normalized spacial score (nSPS) is 21.1. The fourth-order valence-corrected chi connectivity index (χ4v) is 7.91. The van der Waals surface area contributed by atoms with Crippen molar-refractivity contribution < 1.29 is 24.6 Å². The van der Waals surface area contributed by atoms with Gasteiger partial charge in [0, 0.05) is 47.5 Å². The highest BCUT2D eigenvalue weighted by molar-refractivity contribution is 8.00. The van der Waals surface area contributed by atoms with Gasteiger partial charge in [0.25, 0.3) is 0 Å². The average Bonchev–Trinajstić information content (AvgIpc) is 3.75. The van der Waals surface area contributed by atoms with Gasteiger partial charge in [-0.15, -0.1) is 0 Å². The number of aromatic amines is 1. The Kier molecular flexibility index (Phi) is 8.51. The van der Waals surface area contributed by atoms with E-state index in [1.54, 1.807) is 30.3 Å². The highest BCUT2D eigenvalue weighted by Gasteiger charge is 2.42. The minimum Gasteiger partial charge on any atom is -0.508 e. The Hall–Kier alpha value is -4.12. The first kappa shape index (κ1) is 29.0. The summed E-state index contributed by atoms with van der Waals surface area (Å²) in [6, 6.07) is 9.86. The van der Waals surface area contributed by atoms with Crippen LogP contribution in [0.3, 0.4) is 0 Å². The molecule has 11 heteroatoms. The molecule has 3 heterocycles. The van der Waals surface area contributed by atoms with Crippen molar-refractivity contribution in [2.24, 2.45) is 0 Å². The molecule has 0 spiro atoms. The molecule has 4 atom stereocenters. The van der Waals surface area contributed by atoms with E-state index in [0.29, 0.717) is 31.1 Å². The Morgan fingerprint density at radius 1 is 1.07 bits per heavy atom. The summed E-state index contributed by atoms with van der Waals surface area (Å²) in [5.74, 6) is 0.809. The van der Waals surface area contributed by atoms with Crippen molar-refractivity contribution in [3.05, 3.63) is 65.4 Å². The maximum absolute atomic E-state index is 13.4. The SMILES string of the molecule is O=C(CCCC[C@@H]1SC[C@@H]2NC(=O)N[C@@H]21)N[C@@H](Cc1c[nH]c2ccc(O)cc12)C(=O)NCCC1=CCc2ccc(O)cc21. The fourth-order valence-electron chi connectivity index (χ4n) is 6.37. The number of phenolic OH excluding ortho intramolecular Hbond substituents is 2.